The Bertz CT molecular complexity index is 1790. The molecule has 3 aromatic carbocycles. The van der Waals surface area contributed by atoms with Gasteiger partial charge in [-0.3, -0.25) is 14.7 Å². The van der Waals surface area contributed by atoms with Gasteiger partial charge in [-0.25, -0.2) is 4.39 Å². The third kappa shape index (κ3) is 6.90. The van der Waals surface area contributed by atoms with Gasteiger partial charge in [0.25, 0.3) is 5.56 Å². The molecule has 0 spiro atoms. The van der Waals surface area contributed by atoms with E-state index in [-0.39, 0.29) is 11.3 Å². The molecule has 1 aliphatic heterocycles. The van der Waals surface area contributed by atoms with Crippen molar-refractivity contribution in [1.29, 1.82) is 0 Å². The summed E-state index contributed by atoms with van der Waals surface area (Å²) < 4.78 is 38.4. The Labute approximate surface area is 255 Å². The van der Waals surface area contributed by atoms with Crippen LogP contribution >= 0.6 is 0 Å². The fourth-order valence-electron chi connectivity index (χ4n) is 5.32. The van der Waals surface area contributed by atoms with E-state index in [1.54, 1.807) is 37.6 Å². The van der Waals surface area contributed by atoms with Crippen LogP contribution in [0.15, 0.2) is 89.9 Å². The zero-order valence-corrected chi connectivity index (χ0v) is 24.6. The Morgan fingerprint density at radius 3 is 2.55 bits per heavy atom. The minimum Gasteiger partial charge on any atom is -0.493 e. The van der Waals surface area contributed by atoms with E-state index < -0.39 is 5.82 Å². The summed E-state index contributed by atoms with van der Waals surface area (Å²) in [6.45, 7) is 4.89. The lowest BCUT2D eigenvalue weighted by Crippen LogP contribution is -2.37. The van der Waals surface area contributed by atoms with Crippen LogP contribution in [0.5, 0.6) is 23.0 Å². The molecule has 0 bridgehead atoms. The number of methoxy groups -OCH3 is 1. The molecule has 2 aromatic heterocycles. The fourth-order valence-corrected chi connectivity index (χ4v) is 5.32. The molecule has 0 radical (unpaired) electrons. The summed E-state index contributed by atoms with van der Waals surface area (Å²) in [5.41, 5.74) is 3.06. The Kier molecular flexibility index (Phi) is 9.14. The molecule has 6 rings (SSSR count). The monoisotopic (exact) mass is 595 g/mol. The molecule has 0 unspecified atom stereocenters. The lowest BCUT2D eigenvalue weighted by atomic mass is 10.0. The summed E-state index contributed by atoms with van der Waals surface area (Å²) in [7, 11) is 1.58. The molecule has 0 atom stereocenters. The number of aromatic nitrogens is 2. The first kappa shape index (κ1) is 29.3. The summed E-state index contributed by atoms with van der Waals surface area (Å²) in [5, 5.41) is 0.652. The highest BCUT2D eigenvalue weighted by atomic mass is 19.1. The predicted octanol–water partition coefficient (Wildman–Crippen LogP) is 6.22. The molecule has 1 N–H and O–H groups in total. The second-order valence-corrected chi connectivity index (χ2v) is 10.6. The van der Waals surface area contributed by atoms with Crippen LogP contribution in [0.4, 0.5) is 4.39 Å². The lowest BCUT2D eigenvalue weighted by molar-refractivity contribution is 0.0357. The number of halogens is 1. The Morgan fingerprint density at radius 2 is 1.77 bits per heavy atom. The van der Waals surface area contributed by atoms with Crippen LogP contribution in [0.25, 0.3) is 22.0 Å². The van der Waals surface area contributed by atoms with Gasteiger partial charge in [-0.15, -0.1) is 0 Å². The van der Waals surface area contributed by atoms with Gasteiger partial charge in [0.15, 0.2) is 23.1 Å². The normalized spacial score (nSPS) is 13.6. The van der Waals surface area contributed by atoms with Crippen LogP contribution in [-0.2, 0) is 11.2 Å². The predicted molar refractivity (Wildman–Crippen MR) is 167 cm³/mol. The summed E-state index contributed by atoms with van der Waals surface area (Å²) in [6, 6.07) is 23.2. The number of nitrogens with one attached hydrogen (secondary N) is 1. The molecular formula is C35H34FN3O5. The number of fused-ring (bicyclic) bond motifs is 1. The van der Waals surface area contributed by atoms with Gasteiger partial charge in [0.05, 0.1) is 32.4 Å². The van der Waals surface area contributed by atoms with Crippen molar-refractivity contribution in [3.63, 3.8) is 0 Å². The number of benzene rings is 3. The first-order valence-electron chi connectivity index (χ1n) is 14.7. The number of rotatable bonds is 11. The van der Waals surface area contributed by atoms with Crippen molar-refractivity contribution in [2.75, 3.05) is 46.6 Å². The van der Waals surface area contributed by atoms with Crippen LogP contribution in [0.3, 0.4) is 0 Å². The Morgan fingerprint density at radius 1 is 0.932 bits per heavy atom. The molecule has 226 valence electrons. The molecule has 0 aliphatic carbocycles. The van der Waals surface area contributed by atoms with Crippen LogP contribution in [0, 0.1) is 5.82 Å². The van der Waals surface area contributed by atoms with E-state index in [0.29, 0.717) is 52.3 Å². The first-order chi connectivity index (χ1) is 21.6. The number of pyridine rings is 2. The number of ether oxygens (including phenoxy) is 4. The third-order valence-electron chi connectivity index (χ3n) is 7.64. The van der Waals surface area contributed by atoms with Gasteiger partial charge in [-0.05, 0) is 53.9 Å². The number of H-pyrrole nitrogens is 1. The van der Waals surface area contributed by atoms with Crippen molar-refractivity contribution in [3.8, 4) is 34.1 Å². The molecule has 5 aromatic rings. The third-order valence-corrected chi connectivity index (χ3v) is 7.64. The minimum atomic E-state index is -0.590. The van der Waals surface area contributed by atoms with Crippen LogP contribution in [0.1, 0.15) is 17.7 Å². The second kappa shape index (κ2) is 13.7. The average molecular weight is 596 g/mol. The molecule has 1 aliphatic rings. The highest BCUT2D eigenvalue weighted by molar-refractivity contribution is 5.88. The number of hydrogen-bond donors (Lipinski definition) is 1. The average Bonchev–Trinajstić information content (AvgIpc) is 3.05. The molecule has 1 fully saturated rings. The van der Waals surface area contributed by atoms with Gasteiger partial charge in [-0.2, -0.15) is 0 Å². The van der Waals surface area contributed by atoms with Crippen molar-refractivity contribution in [2.24, 2.45) is 0 Å². The largest absolute Gasteiger partial charge is 0.493 e. The zero-order chi connectivity index (χ0) is 30.3. The fraction of sp³-hybridized carbons (Fsp3) is 0.257. The Balaban J connectivity index is 1.16. The molecule has 8 nitrogen and oxygen atoms in total. The molecule has 44 heavy (non-hydrogen) atoms. The SMILES string of the molecule is COc1cc2c(Oc3ccc(-c4ccc(Cc5ccccc5)[nH]c4=O)cc3F)ccnc2cc1OCCCN1CCOCC1. The topological polar surface area (TPSA) is 85.9 Å². The van der Waals surface area contributed by atoms with E-state index in [2.05, 4.69) is 14.9 Å². The van der Waals surface area contributed by atoms with E-state index in [1.807, 2.05) is 42.5 Å². The smallest absolute Gasteiger partial charge is 0.256 e. The number of aromatic amines is 1. The zero-order valence-electron chi connectivity index (χ0n) is 24.6. The van der Waals surface area contributed by atoms with Crippen molar-refractivity contribution in [2.45, 2.75) is 12.8 Å². The van der Waals surface area contributed by atoms with Crippen molar-refractivity contribution in [1.82, 2.24) is 14.9 Å². The van der Waals surface area contributed by atoms with Crippen LogP contribution in [0.2, 0.25) is 0 Å². The number of morpholine rings is 1. The Hall–Kier alpha value is -4.73. The maximum absolute atomic E-state index is 15.3. The van der Waals surface area contributed by atoms with E-state index in [4.69, 9.17) is 18.9 Å². The minimum absolute atomic E-state index is 0.0285. The molecular weight excluding hydrogens is 561 g/mol. The van der Waals surface area contributed by atoms with E-state index in [9.17, 15) is 4.79 Å². The van der Waals surface area contributed by atoms with Gasteiger partial charge in [-0.1, -0.05) is 36.4 Å². The van der Waals surface area contributed by atoms with Gasteiger partial charge >= 0.3 is 0 Å². The molecule has 0 saturated carbocycles. The van der Waals surface area contributed by atoms with Gasteiger partial charge in [0, 0.05) is 55.0 Å². The number of nitrogens with zero attached hydrogens (tertiary/aromatic N) is 2. The first-order valence-corrected chi connectivity index (χ1v) is 14.7. The van der Waals surface area contributed by atoms with Gasteiger partial charge in [0.2, 0.25) is 0 Å². The van der Waals surface area contributed by atoms with Gasteiger partial charge < -0.3 is 23.9 Å². The van der Waals surface area contributed by atoms with E-state index in [1.165, 1.54) is 12.1 Å². The standard InChI is InChI=1S/C35H34FN3O5/c1-41-33-22-28-30(23-34(33)43-17-5-14-39-15-18-42-19-16-39)37-13-12-31(28)44-32-11-8-25(21-29(32)36)27-10-9-26(38-35(27)40)20-24-6-3-2-4-7-24/h2-4,6-13,21-23H,5,14-20H2,1H3,(H,38,40). The molecule has 0 amide bonds. The van der Waals surface area contributed by atoms with E-state index >= 15 is 4.39 Å². The molecule has 1 saturated heterocycles. The summed E-state index contributed by atoms with van der Waals surface area (Å²) in [4.78, 5) is 22.6. The lowest BCUT2D eigenvalue weighted by Gasteiger charge is -2.26. The van der Waals surface area contributed by atoms with Crippen molar-refractivity contribution >= 4 is 10.9 Å². The van der Waals surface area contributed by atoms with Crippen LogP contribution in [-0.4, -0.2) is 61.4 Å². The maximum Gasteiger partial charge on any atom is 0.256 e. The van der Waals surface area contributed by atoms with Gasteiger partial charge in [0.1, 0.15) is 5.75 Å². The van der Waals surface area contributed by atoms with Crippen LogP contribution < -0.4 is 19.8 Å². The summed E-state index contributed by atoms with van der Waals surface area (Å²) >= 11 is 0. The van der Waals surface area contributed by atoms with Crippen molar-refractivity contribution in [3.05, 3.63) is 112 Å². The quantitative estimate of drug-likeness (QED) is 0.182. The number of hydrogen-bond acceptors (Lipinski definition) is 7. The second-order valence-electron chi connectivity index (χ2n) is 10.6. The summed E-state index contributed by atoms with van der Waals surface area (Å²) in [6.07, 6.45) is 3.08. The van der Waals surface area contributed by atoms with E-state index in [0.717, 1.165) is 50.5 Å². The highest BCUT2D eigenvalue weighted by Gasteiger charge is 2.16. The molecule has 9 heteroatoms. The summed E-state index contributed by atoms with van der Waals surface area (Å²) in [5.74, 6) is 0.977. The maximum atomic E-state index is 15.3. The molecule has 3 heterocycles. The highest BCUT2D eigenvalue weighted by Crippen LogP contribution is 2.38. The van der Waals surface area contributed by atoms with Crippen molar-refractivity contribution < 1.29 is 23.3 Å².